The second kappa shape index (κ2) is 11.2. The SMILES string of the molecule is COC[C@H]1O[C@@]2(C)C(=O)C=C(C[C@H]3OCCC[C@@H]3OCc3ccc(OC)cc3)O[C@@H]2C[C@@H]1OC. The lowest BCUT2D eigenvalue weighted by atomic mass is 9.82. The van der Waals surface area contributed by atoms with E-state index in [1.165, 1.54) is 0 Å². The molecule has 0 N–H and O–H groups in total. The largest absolute Gasteiger partial charge is 0.497 e. The van der Waals surface area contributed by atoms with Gasteiger partial charge in [-0.1, -0.05) is 12.1 Å². The van der Waals surface area contributed by atoms with Gasteiger partial charge in [0.05, 0.1) is 38.6 Å². The van der Waals surface area contributed by atoms with Crippen molar-refractivity contribution in [3.05, 3.63) is 41.7 Å². The lowest BCUT2D eigenvalue weighted by Crippen LogP contribution is -2.62. The van der Waals surface area contributed by atoms with E-state index in [1.54, 1.807) is 34.3 Å². The van der Waals surface area contributed by atoms with Crippen LogP contribution in [0.25, 0.3) is 0 Å². The molecule has 3 heterocycles. The zero-order chi connectivity index (χ0) is 24.1. The summed E-state index contributed by atoms with van der Waals surface area (Å²) in [6.45, 7) is 3.30. The van der Waals surface area contributed by atoms with E-state index in [1.807, 2.05) is 24.3 Å². The Morgan fingerprint density at radius 1 is 1.09 bits per heavy atom. The van der Waals surface area contributed by atoms with E-state index in [2.05, 4.69) is 0 Å². The molecule has 1 aromatic rings. The Hall–Kier alpha value is -1.97. The van der Waals surface area contributed by atoms with Crippen molar-refractivity contribution in [3.8, 4) is 5.75 Å². The minimum atomic E-state index is -1.06. The molecule has 34 heavy (non-hydrogen) atoms. The van der Waals surface area contributed by atoms with Gasteiger partial charge < -0.3 is 33.2 Å². The molecule has 188 valence electrons. The Morgan fingerprint density at radius 3 is 2.59 bits per heavy atom. The second-order valence-electron chi connectivity index (χ2n) is 9.26. The maximum absolute atomic E-state index is 13.1. The third-order valence-corrected chi connectivity index (χ3v) is 6.99. The monoisotopic (exact) mass is 476 g/mol. The molecule has 2 fully saturated rings. The molecule has 3 aliphatic rings. The molecule has 0 bridgehead atoms. The molecular weight excluding hydrogens is 440 g/mol. The molecule has 1 aromatic carbocycles. The summed E-state index contributed by atoms with van der Waals surface area (Å²) in [7, 11) is 4.90. The summed E-state index contributed by atoms with van der Waals surface area (Å²) in [6, 6.07) is 7.84. The Labute approximate surface area is 201 Å². The van der Waals surface area contributed by atoms with Gasteiger partial charge in [0.15, 0.2) is 11.4 Å². The highest BCUT2D eigenvalue weighted by Gasteiger charge is 2.54. The summed E-state index contributed by atoms with van der Waals surface area (Å²) in [5.74, 6) is 1.33. The highest BCUT2D eigenvalue weighted by Crippen LogP contribution is 2.39. The van der Waals surface area contributed by atoms with Gasteiger partial charge in [0, 0.05) is 39.7 Å². The fourth-order valence-electron chi connectivity index (χ4n) is 4.91. The molecule has 3 aliphatic heterocycles. The van der Waals surface area contributed by atoms with Crippen LogP contribution in [0.3, 0.4) is 0 Å². The number of hydrogen-bond donors (Lipinski definition) is 0. The van der Waals surface area contributed by atoms with Crippen LogP contribution in [0, 0.1) is 0 Å². The molecule has 0 spiro atoms. The van der Waals surface area contributed by atoms with Gasteiger partial charge in [0.25, 0.3) is 0 Å². The summed E-state index contributed by atoms with van der Waals surface area (Å²) in [4.78, 5) is 13.1. The lowest BCUT2D eigenvalue weighted by Gasteiger charge is -2.48. The maximum Gasteiger partial charge on any atom is 0.194 e. The summed E-state index contributed by atoms with van der Waals surface area (Å²) in [5, 5.41) is 0. The minimum Gasteiger partial charge on any atom is -0.497 e. The number of benzene rings is 1. The van der Waals surface area contributed by atoms with Crippen LogP contribution in [0.15, 0.2) is 36.1 Å². The van der Waals surface area contributed by atoms with E-state index in [-0.39, 0.29) is 30.2 Å². The van der Waals surface area contributed by atoms with Crippen molar-refractivity contribution < 1.29 is 38.0 Å². The molecule has 0 aromatic heterocycles. The van der Waals surface area contributed by atoms with E-state index in [0.717, 1.165) is 24.2 Å². The van der Waals surface area contributed by atoms with E-state index >= 15 is 0 Å². The van der Waals surface area contributed by atoms with Gasteiger partial charge in [-0.05, 0) is 37.5 Å². The van der Waals surface area contributed by atoms with Gasteiger partial charge in [-0.25, -0.2) is 0 Å². The summed E-state index contributed by atoms with van der Waals surface area (Å²) in [6.07, 6.45) is 3.20. The van der Waals surface area contributed by atoms with Crippen LogP contribution in [0.5, 0.6) is 5.75 Å². The van der Waals surface area contributed by atoms with Crippen LogP contribution in [0.2, 0.25) is 0 Å². The van der Waals surface area contributed by atoms with Gasteiger partial charge in [-0.3, -0.25) is 4.79 Å². The zero-order valence-corrected chi connectivity index (χ0v) is 20.5. The number of hydrogen-bond acceptors (Lipinski definition) is 8. The number of ether oxygens (including phenoxy) is 7. The number of ketones is 1. The first kappa shape index (κ1) is 25.1. The molecule has 4 rings (SSSR count). The topological polar surface area (TPSA) is 81.7 Å². The minimum absolute atomic E-state index is 0.0795. The average Bonchev–Trinajstić information content (AvgIpc) is 2.85. The third-order valence-electron chi connectivity index (χ3n) is 6.99. The quantitative estimate of drug-likeness (QED) is 0.538. The van der Waals surface area contributed by atoms with Crippen molar-refractivity contribution in [1.29, 1.82) is 0 Å². The van der Waals surface area contributed by atoms with Crippen molar-refractivity contribution in [2.45, 2.75) is 75.3 Å². The van der Waals surface area contributed by atoms with Crippen molar-refractivity contribution in [3.63, 3.8) is 0 Å². The van der Waals surface area contributed by atoms with Crippen LogP contribution in [0.1, 0.15) is 38.2 Å². The second-order valence-corrected chi connectivity index (χ2v) is 9.26. The first-order valence-electron chi connectivity index (χ1n) is 11.9. The normalized spacial score (nSPS) is 33.6. The third kappa shape index (κ3) is 5.47. The average molecular weight is 477 g/mol. The van der Waals surface area contributed by atoms with Crippen molar-refractivity contribution in [1.82, 2.24) is 0 Å². The molecule has 0 radical (unpaired) electrons. The zero-order valence-electron chi connectivity index (χ0n) is 20.5. The smallest absolute Gasteiger partial charge is 0.194 e. The first-order chi connectivity index (χ1) is 16.5. The fraction of sp³-hybridized carbons (Fsp3) is 0.654. The summed E-state index contributed by atoms with van der Waals surface area (Å²) < 4.78 is 40.9. The van der Waals surface area contributed by atoms with E-state index in [9.17, 15) is 4.79 Å². The molecule has 0 unspecified atom stereocenters. The van der Waals surface area contributed by atoms with Gasteiger partial charge in [0.2, 0.25) is 0 Å². The van der Waals surface area contributed by atoms with E-state index in [0.29, 0.717) is 38.4 Å². The van der Waals surface area contributed by atoms with Gasteiger partial charge in [-0.2, -0.15) is 0 Å². The van der Waals surface area contributed by atoms with Crippen LogP contribution >= 0.6 is 0 Å². The van der Waals surface area contributed by atoms with E-state index in [4.69, 9.17) is 33.2 Å². The first-order valence-corrected chi connectivity index (χ1v) is 11.9. The lowest BCUT2D eigenvalue weighted by molar-refractivity contribution is -0.235. The van der Waals surface area contributed by atoms with Gasteiger partial charge in [0.1, 0.15) is 23.7 Å². The highest BCUT2D eigenvalue weighted by atomic mass is 16.6. The molecule has 2 saturated heterocycles. The Kier molecular flexibility index (Phi) is 8.26. The van der Waals surface area contributed by atoms with Gasteiger partial charge >= 0.3 is 0 Å². The van der Waals surface area contributed by atoms with E-state index < -0.39 is 11.7 Å². The van der Waals surface area contributed by atoms with Crippen LogP contribution in [0.4, 0.5) is 0 Å². The Bertz CT molecular complexity index is 853. The van der Waals surface area contributed by atoms with Gasteiger partial charge in [-0.15, -0.1) is 0 Å². The maximum atomic E-state index is 13.1. The number of rotatable bonds is 9. The van der Waals surface area contributed by atoms with Crippen LogP contribution in [-0.2, 0) is 39.8 Å². The Morgan fingerprint density at radius 2 is 1.88 bits per heavy atom. The fourth-order valence-corrected chi connectivity index (χ4v) is 4.91. The molecule has 0 saturated carbocycles. The number of fused-ring (bicyclic) bond motifs is 1. The standard InChI is InChI=1S/C26H36O8/c1-26-24(27)13-19(33-25(26)14-21(30-4)23(34-26)16-28-2)12-22-20(6-5-11-31-22)32-15-17-7-9-18(29-3)10-8-17/h7-10,13,20-23,25H,5-6,11-12,14-16H2,1-4H3/t20-,21-,22+,23+,25+,26-/m0/s1. The van der Waals surface area contributed by atoms with Crippen LogP contribution < -0.4 is 4.74 Å². The molecule has 8 heteroatoms. The number of carbonyl (C=O) groups excluding carboxylic acids is 1. The van der Waals surface area contributed by atoms with Crippen LogP contribution in [-0.4, -0.2) is 76.4 Å². The molecular formula is C26H36O8. The van der Waals surface area contributed by atoms with Crippen molar-refractivity contribution in [2.24, 2.45) is 0 Å². The molecule has 8 nitrogen and oxygen atoms in total. The number of carbonyl (C=O) groups is 1. The summed E-state index contributed by atoms with van der Waals surface area (Å²) in [5.41, 5.74) is 0.0131. The predicted molar refractivity (Wildman–Crippen MR) is 124 cm³/mol. The van der Waals surface area contributed by atoms with Crippen molar-refractivity contribution >= 4 is 5.78 Å². The molecule has 0 amide bonds. The predicted octanol–water partition coefficient (Wildman–Crippen LogP) is 3.21. The summed E-state index contributed by atoms with van der Waals surface area (Å²) >= 11 is 0. The van der Waals surface area contributed by atoms with Crippen molar-refractivity contribution in [2.75, 3.05) is 34.5 Å². The molecule has 0 aliphatic carbocycles. The highest BCUT2D eigenvalue weighted by molar-refractivity contribution is 5.98. The molecule has 6 atom stereocenters. The number of methoxy groups -OCH3 is 3. The Balaban J connectivity index is 1.41.